The van der Waals surface area contributed by atoms with Gasteiger partial charge in [0, 0.05) is 36.7 Å². The predicted octanol–water partition coefficient (Wildman–Crippen LogP) is 3.98. The van der Waals surface area contributed by atoms with Gasteiger partial charge in [-0.1, -0.05) is 0 Å². The first kappa shape index (κ1) is 21.3. The van der Waals surface area contributed by atoms with Crippen LogP contribution in [0.5, 0.6) is 11.5 Å². The monoisotopic (exact) mass is 408 g/mol. The summed E-state index contributed by atoms with van der Waals surface area (Å²) < 4.78 is 11.6. The quantitative estimate of drug-likeness (QED) is 0.716. The minimum absolute atomic E-state index is 0. The fraction of sp³-hybridized carbons (Fsp3) is 0.682. The van der Waals surface area contributed by atoms with E-state index in [1.54, 1.807) is 7.11 Å². The molecule has 0 spiro atoms. The van der Waals surface area contributed by atoms with Crippen molar-refractivity contribution in [2.75, 3.05) is 7.11 Å². The molecule has 2 unspecified atom stereocenters. The normalized spacial score (nSPS) is 26.5. The fourth-order valence-corrected chi connectivity index (χ4v) is 4.97. The van der Waals surface area contributed by atoms with Crippen LogP contribution in [0.25, 0.3) is 0 Å². The van der Waals surface area contributed by atoms with Crippen LogP contribution < -0.4 is 20.1 Å². The summed E-state index contributed by atoms with van der Waals surface area (Å²) in [6, 6.07) is 7.16. The molecule has 0 radical (unpaired) electrons. The van der Waals surface area contributed by atoms with Gasteiger partial charge in [-0.3, -0.25) is 4.79 Å². The second-order valence-corrected chi connectivity index (χ2v) is 8.45. The maximum absolute atomic E-state index is 12.5. The Hall–Kier alpha value is -1.46. The van der Waals surface area contributed by atoms with Gasteiger partial charge in [-0.15, -0.1) is 12.4 Å². The molecular weight excluding hydrogens is 376 g/mol. The Kier molecular flexibility index (Phi) is 7.47. The average molecular weight is 409 g/mol. The molecule has 2 aliphatic heterocycles. The van der Waals surface area contributed by atoms with E-state index >= 15 is 0 Å². The van der Waals surface area contributed by atoms with E-state index in [0.29, 0.717) is 31.0 Å². The van der Waals surface area contributed by atoms with Crippen molar-refractivity contribution in [3.8, 4) is 11.5 Å². The van der Waals surface area contributed by atoms with Crippen LogP contribution in [0.4, 0.5) is 0 Å². The number of amides is 1. The largest absolute Gasteiger partial charge is 0.497 e. The second-order valence-electron chi connectivity index (χ2n) is 8.45. The van der Waals surface area contributed by atoms with Crippen molar-refractivity contribution in [3.63, 3.8) is 0 Å². The number of carbonyl (C=O) groups excluding carboxylic acids is 1. The van der Waals surface area contributed by atoms with Gasteiger partial charge >= 0.3 is 0 Å². The number of halogens is 1. The van der Waals surface area contributed by atoms with Crippen molar-refractivity contribution >= 4 is 18.3 Å². The van der Waals surface area contributed by atoms with Crippen LogP contribution in [0.1, 0.15) is 63.4 Å². The lowest BCUT2D eigenvalue weighted by atomic mass is 9.89. The molecule has 1 aromatic carbocycles. The van der Waals surface area contributed by atoms with E-state index in [9.17, 15) is 4.79 Å². The summed E-state index contributed by atoms with van der Waals surface area (Å²) >= 11 is 0. The molecule has 28 heavy (non-hydrogen) atoms. The Morgan fingerprint density at radius 2 is 1.86 bits per heavy atom. The molecular formula is C22H33ClN2O3. The van der Waals surface area contributed by atoms with Crippen molar-refractivity contribution in [3.05, 3.63) is 23.8 Å². The summed E-state index contributed by atoms with van der Waals surface area (Å²) in [5.74, 6) is 2.32. The van der Waals surface area contributed by atoms with E-state index in [2.05, 4.69) is 10.6 Å². The summed E-state index contributed by atoms with van der Waals surface area (Å²) in [5.41, 5.74) is 1.03. The zero-order valence-corrected chi connectivity index (χ0v) is 17.6. The summed E-state index contributed by atoms with van der Waals surface area (Å²) in [6.07, 6.45) is 10.5. The molecule has 1 aliphatic carbocycles. The van der Waals surface area contributed by atoms with E-state index in [4.69, 9.17) is 9.47 Å². The Bertz CT molecular complexity index is 651. The number of nitrogens with one attached hydrogen (secondary N) is 2. The maximum atomic E-state index is 12.5. The first-order chi connectivity index (χ1) is 13.2. The lowest BCUT2D eigenvalue weighted by molar-refractivity contribution is -0.122. The number of hydrogen-bond donors (Lipinski definition) is 2. The molecule has 2 saturated heterocycles. The third-order valence-corrected chi connectivity index (χ3v) is 6.39. The Morgan fingerprint density at radius 3 is 2.54 bits per heavy atom. The van der Waals surface area contributed by atoms with Crippen LogP contribution in [0.3, 0.4) is 0 Å². The molecule has 1 aromatic rings. The van der Waals surface area contributed by atoms with Crippen LogP contribution in [-0.2, 0) is 11.3 Å². The van der Waals surface area contributed by atoms with Gasteiger partial charge < -0.3 is 20.1 Å². The third-order valence-electron chi connectivity index (χ3n) is 6.39. The number of fused-ring (bicyclic) bond motifs is 2. The summed E-state index contributed by atoms with van der Waals surface area (Å²) in [5, 5.41) is 6.76. The fourth-order valence-electron chi connectivity index (χ4n) is 4.97. The van der Waals surface area contributed by atoms with Crippen LogP contribution in [0.15, 0.2) is 18.2 Å². The average Bonchev–Trinajstić information content (AvgIpc) is 3.30. The molecule has 3 fully saturated rings. The minimum atomic E-state index is 0. The van der Waals surface area contributed by atoms with Crippen molar-refractivity contribution in [1.82, 2.24) is 10.6 Å². The standard InChI is InChI=1S/C22H32N2O3.ClH/c1-26-20-9-6-16(21(13-20)27-19-4-2-3-5-19)14-23-22(25)12-15-10-17-7-8-18(11-15)24-17;/h6,9,13,15,17-19,24H,2-5,7-8,10-12,14H2,1H3,(H,23,25);1H. The smallest absolute Gasteiger partial charge is 0.220 e. The van der Waals surface area contributed by atoms with Crippen molar-refractivity contribution in [1.29, 1.82) is 0 Å². The molecule has 156 valence electrons. The van der Waals surface area contributed by atoms with E-state index in [1.165, 1.54) is 25.7 Å². The van der Waals surface area contributed by atoms with Crippen molar-refractivity contribution in [2.45, 2.75) is 82.5 Å². The van der Waals surface area contributed by atoms with Gasteiger partial charge in [0.2, 0.25) is 5.91 Å². The highest BCUT2D eigenvalue weighted by atomic mass is 35.5. The van der Waals surface area contributed by atoms with Crippen molar-refractivity contribution in [2.24, 2.45) is 5.92 Å². The Morgan fingerprint density at radius 1 is 1.14 bits per heavy atom. The maximum Gasteiger partial charge on any atom is 0.220 e. The topological polar surface area (TPSA) is 59.6 Å². The third kappa shape index (κ3) is 5.32. The number of hydrogen-bond acceptors (Lipinski definition) is 4. The number of benzene rings is 1. The SMILES string of the molecule is COc1ccc(CNC(=O)CC2CC3CCC(C2)N3)c(OC2CCCC2)c1.Cl. The highest BCUT2D eigenvalue weighted by Gasteiger charge is 2.34. The summed E-state index contributed by atoms with van der Waals surface area (Å²) in [6.45, 7) is 0.517. The molecule has 3 aliphatic rings. The molecule has 2 bridgehead atoms. The molecule has 5 nitrogen and oxygen atoms in total. The molecule has 2 heterocycles. The Balaban J connectivity index is 0.00000225. The second kappa shape index (κ2) is 9.84. The van der Waals surface area contributed by atoms with Crippen molar-refractivity contribution < 1.29 is 14.3 Å². The van der Waals surface area contributed by atoms with Gasteiger partial charge in [0.05, 0.1) is 13.2 Å². The van der Waals surface area contributed by atoms with Crippen LogP contribution in [0.2, 0.25) is 0 Å². The van der Waals surface area contributed by atoms with Crippen LogP contribution >= 0.6 is 12.4 Å². The van der Waals surface area contributed by atoms with E-state index < -0.39 is 0 Å². The van der Waals surface area contributed by atoms with E-state index in [0.717, 1.165) is 42.7 Å². The summed E-state index contributed by atoms with van der Waals surface area (Å²) in [4.78, 5) is 12.5. The zero-order chi connectivity index (χ0) is 18.6. The lowest BCUT2D eigenvalue weighted by Crippen LogP contribution is -2.39. The number of rotatable bonds is 7. The highest BCUT2D eigenvalue weighted by Crippen LogP contribution is 2.33. The molecule has 1 amide bonds. The van der Waals surface area contributed by atoms with Gasteiger partial charge in [0.1, 0.15) is 11.5 Å². The van der Waals surface area contributed by atoms with Crippen LogP contribution in [0, 0.1) is 5.92 Å². The zero-order valence-electron chi connectivity index (χ0n) is 16.7. The summed E-state index contributed by atoms with van der Waals surface area (Å²) in [7, 11) is 1.67. The molecule has 2 atom stereocenters. The number of ether oxygens (including phenoxy) is 2. The molecule has 1 saturated carbocycles. The predicted molar refractivity (Wildman–Crippen MR) is 112 cm³/mol. The minimum Gasteiger partial charge on any atom is -0.497 e. The van der Waals surface area contributed by atoms with Gasteiger partial charge in [0.15, 0.2) is 0 Å². The lowest BCUT2D eigenvalue weighted by Gasteiger charge is -2.28. The van der Waals surface area contributed by atoms with Gasteiger partial charge in [0.25, 0.3) is 0 Å². The molecule has 0 aromatic heterocycles. The molecule has 4 rings (SSSR count). The van der Waals surface area contributed by atoms with Crippen LogP contribution in [-0.4, -0.2) is 31.2 Å². The van der Waals surface area contributed by atoms with Gasteiger partial charge in [-0.25, -0.2) is 0 Å². The van der Waals surface area contributed by atoms with E-state index in [-0.39, 0.29) is 24.4 Å². The number of piperidine rings is 1. The van der Waals surface area contributed by atoms with E-state index in [1.807, 2.05) is 18.2 Å². The van der Waals surface area contributed by atoms with Gasteiger partial charge in [-0.05, 0) is 69.4 Å². The molecule has 2 N–H and O–H groups in total. The first-order valence-corrected chi connectivity index (χ1v) is 10.6. The van der Waals surface area contributed by atoms with Gasteiger partial charge in [-0.2, -0.15) is 0 Å². The first-order valence-electron chi connectivity index (χ1n) is 10.6. The highest BCUT2D eigenvalue weighted by molar-refractivity contribution is 5.85. The molecule has 6 heteroatoms. The number of methoxy groups -OCH3 is 1. The Labute approximate surface area is 174 Å². The number of carbonyl (C=O) groups is 1.